The maximum absolute atomic E-state index is 13.6. The second-order valence-electron chi connectivity index (χ2n) is 7.77. The van der Waals surface area contributed by atoms with E-state index in [1.165, 1.54) is 12.1 Å². The second kappa shape index (κ2) is 10.5. The van der Waals surface area contributed by atoms with E-state index >= 15 is 0 Å². The van der Waals surface area contributed by atoms with Gasteiger partial charge in [0.1, 0.15) is 12.4 Å². The molecule has 1 N–H and O–H groups in total. The zero-order valence-corrected chi connectivity index (χ0v) is 18.5. The van der Waals surface area contributed by atoms with Gasteiger partial charge < -0.3 is 19.5 Å². The van der Waals surface area contributed by atoms with Crippen molar-refractivity contribution in [2.45, 2.75) is 12.6 Å². The Morgan fingerprint density at radius 1 is 0.875 bits per heavy atom. The molecule has 168 valence electrons. The number of ether oxygens (including phenoxy) is 3. The lowest BCUT2D eigenvalue weighted by atomic mass is 9.95. The number of nitrogens with one attached hydrogen (secondary N) is 1. The van der Waals surface area contributed by atoms with E-state index in [2.05, 4.69) is 10.2 Å². The summed E-state index contributed by atoms with van der Waals surface area (Å²) in [5.74, 6) is 1.54. The van der Waals surface area contributed by atoms with Gasteiger partial charge in [-0.2, -0.15) is 0 Å². The molecule has 4 rings (SSSR count). The molecule has 1 saturated heterocycles. The average molecular weight is 437 g/mol. The van der Waals surface area contributed by atoms with Crippen LogP contribution in [0.5, 0.6) is 17.2 Å². The fourth-order valence-corrected chi connectivity index (χ4v) is 4.13. The molecule has 0 aromatic heterocycles. The Kier molecular flexibility index (Phi) is 7.24. The molecule has 0 amide bonds. The van der Waals surface area contributed by atoms with E-state index in [0.717, 1.165) is 42.9 Å². The first kappa shape index (κ1) is 22.1. The molecule has 32 heavy (non-hydrogen) atoms. The van der Waals surface area contributed by atoms with Crippen LogP contribution in [0.3, 0.4) is 0 Å². The molecule has 0 aliphatic carbocycles. The van der Waals surface area contributed by atoms with Crippen molar-refractivity contribution in [1.29, 1.82) is 0 Å². The Morgan fingerprint density at radius 3 is 2.09 bits per heavy atom. The van der Waals surface area contributed by atoms with E-state index in [-0.39, 0.29) is 11.9 Å². The van der Waals surface area contributed by atoms with Crippen LogP contribution in [0.4, 0.5) is 4.39 Å². The van der Waals surface area contributed by atoms with Crippen LogP contribution >= 0.6 is 0 Å². The van der Waals surface area contributed by atoms with E-state index in [0.29, 0.717) is 23.9 Å². The first-order chi connectivity index (χ1) is 15.7. The van der Waals surface area contributed by atoms with E-state index in [1.807, 2.05) is 54.6 Å². The smallest absolute Gasteiger partial charge is 0.203 e. The molecule has 0 radical (unpaired) electrons. The Morgan fingerprint density at radius 2 is 1.50 bits per heavy atom. The van der Waals surface area contributed by atoms with E-state index in [4.69, 9.17) is 14.2 Å². The molecule has 0 spiro atoms. The van der Waals surface area contributed by atoms with Crippen LogP contribution in [0.15, 0.2) is 66.7 Å². The zero-order valence-electron chi connectivity index (χ0n) is 18.5. The fraction of sp³-hybridized carbons (Fsp3) is 0.308. The van der Waals surface area contributed by atoms with Crippen molar-refractivity contribution in [2.24, 2.45) is 0 Å². The minimum absolute atomic E-state index is 0.0522. The van der Waals surface area contributed by atoms with Crippen molar-refractivity contribution in [3.05, 3.63) is 89.2 Å². The van der Waals surface area contributed by atoms with Crippen molar-refractivity contribution in [1.82, 2.24) is 10.2 Å². The second-order valence-corrected chi connectivity index (χ2v) is 7.77. The number of hydrogen-bond acceptors (Lipinski definition) is 5. The molecule has 1 fully saturated rings. The minimum atomic E-state index is -0.243. The lowest BCUT2D eigenvalue weighted by Crippen LogP contribution is -2.45. The summed E-state index contributed by atoms with van der Waals surface area (Å²) < 4.78 is 31.2. The van der Waals surface area contributed by atoms with Gasteiger partial charge in [0.25, 0.3) is 0 Å². The maximum atomic E-state index is 13.6. The number of hydrogen-bond donors (Lipinski definition) is 1. The quantitative estimate of drug-likeness (QED) is 0.566. The summed E-state index contributed by atoms with van der Waals surface area (Å²) in [6.45, 7) is 4.00. The summed E-state index contributed by atoms with van der Waals surface area (Å²) in [5.41, 5.74) is 3.10. The molecule has 3 aromatic rings. The molecule has 3 aromatic carbocycles. The number of rotatable bonds is 8. The van der Waals surface area contributed by atoms with Gasteiger partial charge in [-0.15, -0.1) is 0 Å². The molecule has 1 atom stereocenters. The highest BCUT2D eigenvalue weighted by Gasteiger charge is 2.27. The summed E-state index contributed by atoms with van der Waals surface area (Å²) in [5, 5.41) is 3.40. The molecule has 1 unspecified atom stereocenters. The molecule has 1 heterocycles. The Labute approximate surface area is 188 Å². The lowest BCUT2D eigenvalue weighted by Gasteiger charge is -2.36. The zero-order chi connectivity index (χ0) is 22.3. The third-order valence-corrected chi connectivity index (χ3v) is 5.73. The molecular formula is C26H29FN2O3. The van der Waals surface area contributed by atoms with Gasteiger partial charge in [-0.3, -0.25) is 4.90 Å². The molecule has 0 saturated carbocycles. The van der Waals surface area contributed by atoms with Crippen molar-refractivity contribution in [2.75, 3.05) is 40.4 Å². The van der Waals surface area contributed by atoms with Crippen molar-refractivity contribution in [3.8, 4) is 17.2 Å². The number of benzene rings is 3. The summed E-state index contributed by atoms with van der Waals surface area (Å²) in [7, 11) is 3.26. The van der Waals surface area contributed by atoms with Gasteiger partial charge in [-0.1, -0.05) is 42.5 Å². The van der Waals surface area contributed by atoms with Crippen LogP contribution < -0.4 is 19.5 Å². The monoisotopic (exact) mass is 436 g/mol. The van der Waals surface area contributed by atoms with Crippen LogP contribution in [-0.2, 0) is 6.61 Å². The normalized spacial score (nSPS) is 15.2. The molecule has 1 aliphatic rings. The molecule has 0 bridgehead atoms. The van der Waals surface area contributed by atoms with Gasteiger partial charge in [-0.05, 0) is 41.0 Å². The summed E-state index contributed by atoms with van der Waals surface area (Å²) in [6.07, 6.45) is 0. The van der Waals surface area contributed by atoms with Crippen LogP contribution in [0.1, 0.15) is 22.7 Å². The third-order valence-electron chi connectivity index (χ3n) is 5.73. The van der Waals surface area contributed by atoms with Gasteiger partial charge in [0.05, 0.1) is 20.3 Å². The highest BCUT2D eigenvalue weighted by atomic mass is 19.1. The molecular weight excluding hydrogens is 407 g/mol. The Bertz CT molecular complexity index is 980. The minimum Gasteiger partial charge on any atom is -0.493 e. The first-order valence-corrected chi connectivity index (χ1v) is 10.8. The van der Waals surface area contributed by atoms with Crippen LogP contribution in [0.25, 0.3) is 0 Å². The summed E-state index contributed by atoms with van der Waals surface area (Å²) in [4.78, 5) is 2.39. The van der Waals surface area contributed by atoms with Gasteiger partial charge in [0, 0.05) is 26.2 Å². The van der Waals surface area contributed by atoms with Crippen molar-refractivity contribution < 1.29 is 18.6 Å². The van der Waals surface area contributed by atoms with E-state index in [1.54, 1.807) is 14.2 Å². The Hall–Kier alpha value is -3.09. The Balaban J connectivity index is 1.71. The number of methoxy groups -OCH3 is 2. The maximum Gasteiger partial charge on any atom is 0.203 e. The van der Waals surface area contributed by atoms with Gasteiger partial charge >= 0.3 is 0 Å². The molecule has 1 aliphatic heterocycles. The third kappa shape index (κ3) is 5.03. The number of halogens is 1. The van der Waals surface area contributed by atoms with Crippen molar-refractivity contribution in [3.63, 3.8) is 0 Å². The van der Waals surface area contributed by atoms with Gasteiger partial charge in [0.2, 0.25) is 5.75 Å². The molecule has 6 heteroatoms. The first-order valence-electron chi connectivity index (χ1n) is 10.8. The lowest BCUT2D eigenvalue weighted by molar-refractivity contribution is 0.197. The SMILES string of the molecule is COc1cc(C(c2ccc(F)cc2)N2CCNCC2)cc(OC)c1OCc1ccccc1. The van der Waals surface area contributed by atoms with Crippen LogP contribution in [0.2, 0.25) is 0 Å². The summed E-state index contributed by atoms with van der Waals surface area (Å²) in [6, 6.07) is 20.6. The number of piperazine rings is 1. The topological polar surface area (TPSA) is 43.0 Å². The largest absolute Gasteiger partial charge is 0.493 e. The highest BCUT2D eigenvalue weighted by molar-refractivity contribution is 5.55. The van der Waals surface area contributed by atoms with Crippen molar-refractivity contribution >= 4 is 0 Å². The fourth-order valence-electron chi connectivity index (χ4n) is 4.13. The standard InChI is InChI=1S/C26H29FN2O3/c1-30-23-16-21(17-24(31-2)26(23)32-18-19-6-4-3-5-7-19)25(29-14-12-28-13-15-29)20-8-10-22(27)11-9-20/h3-11,16-17,25,28H,12-15,18H2,1-2H3. The van der Waals surface area contributed by atoms with Crippen LogP contribution in [-0.4, -0.2) is 45.3 Å². The number of nitrogens with zero attached hydrogens (tertiary/aromatic N) is 1. The van der Waals surface area contributed by atoms with Crippen LogP contribution in [0, 0.1) is 5.82 Å². The van der Waals surface area contributed by atoms with E-state index in [9.17, 15) is 4.39 Å². The highest BCUT2D eigenvalue weighted by Crippen LogP contribution is 2.43. The van der Waals surface area contributed by atoms with E-state index < -0.39 is 0 Å². The summed E-state index contributed by atoms with van der Waals surface area (Å²) >= 11 is 0. The van der Waals surface area contributed by atoms with Gasteiger partial charge in [-0.25, -0.2) is 4.39 Å². The predicted molar refractivity (Wildman–Crippen MR) is 123 cm³/mol. The van der Waals surface area contributed by atoms with Gasteiger partial charge in [0.15, 0.2) is 11.5 Å². The molecule has 5 nitrogen and oxygen atoms in total. The average Bonchev–Trinajstić information content (AvgIpc) is 2.85. The predicted octanol–water partition coefficient (Wildman–Crippen LogP) is 4.42.